The number of rotatable bonds is 4. The second-order valence-corrected chi connectivity index (χ2v) is 4.43. The molecule has 1 heterocycles. The molecule has 3 heteroatoms. The minimum Gasteiger partial charge on any atom is -0.494 e. The molecule has 0 bridgehead atoms. The molecular weight excluding hydrogens is 252 g/mol. The maximum atomic E-state index is 12.5. The lowest BCUT2D eigenvalue weighted by molar-refractivity contribution is 0.103. The lowest BCUT2D eigenvalue weighted by Gasteiger charge is -2.03. The third-order valence-corrected chi connectivity index (χ3v) is 3.15. The highest BCUT2D eigenvalue weighted by Gasteiger charge is 2.15. The van der Waals surface area contributed by atoms with Gasteiger partial charge >= 0.3 is 0 Å². The Labute approximate surface area is 116 Å². The summed E-state index contributed by atoms with van der Waals surface area (Å²) in [5.74, 6) is 0.721. The van der Waals surface area contributed by atoms with Crippen molar-refractivity contribution in [2.45, 2.75) is 6.92 Å². The third-order valence-electron chi connectivity index (χ3n) is 3.15. The first-order chi connectivity index (χ1) is 9.79. The van der Waals surface area contributed by atoms with Crippen LogP contribution in [0.5, 0.6) is 5.75 Å². The molecule has 2 aromatic carbocycles. The molecule has 0 saturated carbocycles. The number of hydrogen-bond acceptors (Lipinski definition) is 3. The van der Waals surface area contributed by atoms with Crippen molar-refractivity contribution in [3.05, 3.63) is 65.9 Å². The summed E-state index contributed by atoms with van der Waals surface area (Å²) in [4.78, 5) is 12.5. The Hall–Kier alpha value is -2.55. The molecular formula is C17H14O3. The highest BCUT2D eigenvalue weighted by molar-refractivity contribution is 6.15. The first kappa shape index (κ1) is 12.5. The van der Waals surface area contributed by atoms with Crippen molar-refractivity contribution in [2.75, 3.05) is 6.61 Å². The van der Waals surface area contributed by atoms with Gasteiger partial charge in [0.25, 0.3) is 0 Å². The topological polar surface area (TPSA) is 39.4 Å². The van der Waals surface area contributed by atoms with E-state index in [9.17, 15) is 4.79 Å². The van der Waals surface area contributed by atoms with Crippen LogP contribution in [0.3, 0.4) is 0 Å². The van der Waals surface area contributed by atoms with Crippen LogP contribution in [0.25, 0.3) is 11.0 Å². The molecule has 0 saturated heterocycles. The number of para-hydroxylation sites is 1. The van der Waals surface area contributed by atoms with Gasteiger partial charge in [-0.15, -0.1) is 0 Å². The van der Waals surface area contributed by atoms with Crippen LogP contribution in [-0.4, -0.2) is 12.4 Å². The average molecular weight is 266 g/mol. The maximum Gasteiger partial charge on any atom is 0.196 e. The minimum atomic E-state index is -0.0435. The normalized spacial score (nSPS) is 10.7. The second kappa shape index (κ2) is 5.21. The van der Waals surface area contributed by atoms with Gasteiger partial charge in [-0.25, -0.2) is 0 Å². The quantitative estimate of drug-likeness (QED) is 0.668. The molecule has 0 aliphatic carbocycles. The SMILES string of the molecule is CCOc1ccc(C(=O)c2coc3ccccc23)cc1. The zero-order chi connectivity index (χ0) is 13.9. The summed E-state index contributed by atoms with van der Waals surface area (Å²) in [7, 11) is 0. The van der Waals surface area contributed by atoms with Crippen LogP contribution in [0.1, 0.15) is 22.8 Å². The van der Waals surface area contributed by atoms with E-state index in [2.05, 4.69) is 0 Å². The third kappa shape index (κ3) is 2.18. The molecule has 100 valence electrons. The summed E-state index contributed by atoms with van der Waals surface area (Å²) in [6.07, 6.45) is 1.52. The van der Waals surface area contributed by atoms with Gasteiger partial charge in [0.2, 0.25) is 0 Å². The number of fused-ring (bicyclic) bond motifs is 1. The molecule has 20 heavy (non-hydrogen) atoms. The van der Waals surface area contributed by atoms with Crippen molar-refractivity contribution >= 4 is 16.8 Å². The van der Waals surface area contributed by atoms with Crippen molar-refractivity contribution < 1.29 is 13.9 Å². The number of benzene rings is 2. The van der Waals surface area contributed by atoms with E-state index in [1.807, 2.05) is 31.2 Å². The van der Waals surface area contributed by atoms with Crippen LogP contribution in [0.4, 0.5) is 0 Å². The predicted octanol–water partition coefficient (Wildman–Crippen LogP) is 4.06. The highest BCUT2D eigenvalue weighted by Crippen LogP contribution is 2.24. The minimum absolute atomic E-state index is 0.0435. The molecule has 0 fully saturated rings. The van der Waals surface area contributed by atoms with Crippen molar-refractivity contribution in [1.82, 2.24) is 0 Å². The number of carbonyl (C=O) groups excluding carboxylic acids is 1. The second-order valence-electron chi connectivity index (χ2n) is 4.43. The number of carbonyl (C=O) groups is 1. The molecule has 0 unspecified atom stereocenters. The van der Waals surface area contributed by atoms with Crippen LogP contribution in [0.2, 0.25) is 0 Å². The van der Waals surface area contributed by atoms with E-state index in [0.717, 1.165) is 16.7 Å². The van der Waals surface area contributed by atoms with Crippen LogP contribution in [0.15, 0.2) is 59.2 Å². The molecule has 0 aliphatic heterocycles. The smallest absolute Gasteiger partial charge is 0.196 e. The van der Waals surface area contributed by atoms with E-state index in [-0.39, 0.29) is 5.78 Å². The number of ether oxygens (including phenoxy) is 1. The van der Waals surface area contributed by atoms with Crippen LogP contribution < -0.4 is 4.74 Å². The Morgan fingerprint density at radius 3 is 2.60 bits per heavy atom. The summed E-state index contributed by atoms with van der Waals surface area (Å²) in [6, 6.07) is 14.7. The predicted molar refractivity (Wildman–Crippen MR) is 77.3 cm³/mol. The fourth-order valence-electron chi connectivity index (χ4n) is 2.18. The van der Waals surface area contributed by atoms with E-state index in [1.165, 1.54) is 6.26 Å². The van der Waals surface area contributed by atoms with Gasteiger partial charge in [-0.1, -0.05) is 18.2 Å². The van der Waals surface area contributed by atoms with Gasteiger partial charge in [-0.2, -0.15) is 0 Å². The molecule has 0 amide bonds. The van der Waals surface area contributed by atoms with Gasteiger partial charge in [0, 0.05) is 10.9 Å². The Bertz CT molecular complexity index is 738. The van der Waals surface area contributed by atoms with Gasteiger partial charge < -0.3 is 9.15 Å². The molecule has 3 nitrogen and oxygen atoms in total. The Kier molecular flexibility index (Phi) is 3.25. The maximum absolute atomic E-state index is 12.5. The van der Waals surface area contributed by atoms with Crippen molar-refractivity contribution in [2.24, 2.45) is 0 Å². The first-order valence-corrected chi connectivity index (χ1v) is 6.53. The zero-order valence-corrected chi connectivity index (χ0v) is 11.1. The van der Waals surface area contributed by atoms with E-state index in [0.29, 0.717) is 17.7 Å². The summed E-state index contributed by atoms with van der Waals surface area (Å²) < 4.78 is 10.8. The number of hydrogen-bond donors (Lipinski definition) is 0. The molecule has 0 aliphatic rings. The highest BCUT2D eigenvalue weighted by atomic mass is 16.5. The molecule has 3 aromatic rings. The lowest BCUT2D eigenvalue weighted by atomic mass is 10.0. The van der Waals surface area contributed by atoms with Gasteiger partial charge in [-0.3, -0.25) is 4.79 Å². The molecule has 1 aromatic heterocycles. The van der Waals surface area contributed by atoms with Gasteiger partial charge in [0.05, 0.1) is 12.2 Å². The van der Waals surface area contributed by atoms with Gasteiger partial charge in [-0.05, 0) is 37.3 Å². The summed E-state index contributed by atoms with van der Waals surface area (Å²) >= 11 is 0. The Morgan fingerprint density at radius 2 is 1.85 bits per heavy atom. The number of ketones is 1. The molecule has 0 spiro atoms. The van der Waals surface area contributed by atoms with E-state index in [1.54, 1.807) is 24.3 Å². The molecule has 0 N–H and O–H groups in total. The zero-order valence-electron chi connectivity index (χ0n) is 11.1. The van der Waals surface area contributed by atoms with Crippen molar-refractivity contribution in [1.29, 1.82) is 0 Å². The van der Waals surface area contributed by atoms with Gasteiger partial charge in [0.15, 0.2) is 5.78 Å². The summed E-state index contributed by atoms with van der Waals surface area (Å²) in [6.45, 7) is 2.54. The van der Waals surface area contributed by atoms with Crippen LogP contribution >= 0.6 is 0 Å². The van der Waals surface area contributed by atoms with Crippen LogP contribution in [0, 0.1) is 0 Å². The van der Waals surface area contributed by atoms with Gasteiger partial charge in [0.1, 0.15) is 17.6 Å². The molecule has 0 atom stereocenters. The molecule has 3 rings (SSSR count). The van der Waals surface area contributed by atoms with E-state index >= 15 is 0 Å². The van der Waals surface area contributed by atoms with Crippen molar-refractivity contribution in [3.63, 3.8) is 0 Å². The summed E-state index contributed by atoms with van der Waals surface area (Å²) in [5, 5.41) is 0.839. The molecule has 0 radical (unpaired) electrons. The monoisotopic (exact) mass is 266 g/mol. The standard InChI is InChI=1S/C17H14O3/c1-2-19-13-9-7-12(8-10-13)17(18)15-11-20-16-6-4-3-5-14(15)16/h3-11H,2H2,1H3. The van der Waals surface area contributed by atoms with Crippen molar-refractivity contribution in [3.8, 4) is 5.75 Å². The Morgan fingerprint density at radius 1 is 1.10 bits per heavy atom. The average Bonchev–Trinajstić information content (AvgIpc) is 2.92. The van der Waals surface area contributed by atoms with E-state index in [4.69, 9.17) is 9.15 Å². The largest absolute Gasteiger partial charge is 0.494 e. The fourth-order valence-corrected chi connectivity index (χ4v) is 2.18. The fraction of sp³-hybridized carbons (Fsp3) is 0.118. The van der Waals surface area contributed by atoms with E-state index < -0.39 is 0 Å². The lowest BCUT2D eigenvalue weighted by Crippen LogP contribution is -2.00. The van der Waals surface area contributed by atoms with Crippen LogP contribution in [-0.2, 0) is 0 Å². The summed E-state index contributed by atoms with van der Waals surface area (Å²) in [5.41, 5.74) is 1.94. The Balaban J connectivity index is 1.95. The first-order valence-electron chi connectivity index (χ1n) is 6.53. The number of furan rings is 1.